The van der Waals surface area contributed by atoms with Crippen molar-refractivity contribution in [1.82, 2.24) is 10.6 Å². The Hall–Kier alpha value is -1.66. The average Bonchev–Trinajstić information content (AvgIpc) is 2.89. The van der Waals surface area contributed by atoms with Crippen molar-refractivity contribution in [1.29, 1.82) is 0 Å². The smallest absolute Gasteiger partial charge is 0.319 e. The number of halogens is 1. The zero-order chi connectivity index (χ0) is 14.4. The number of para-hydroxylation sites is 1. The van der Waals surface area contributed by atoms with Crippen molar-refractivity contribution < 1.29 is 13.9 Å². The van der Waals surface area contributed by atoms with Crippen molar-refractivity contribution in [3.63, 3.8) is 0 Å². The first-order valence-electron chi connectivity index (χ1n) is 6.69. The molecular weight excluding hydrogens is 261 g/mol. The summed E-state index contributed by atoms with van der Waals surface area (Å²) in [6.45, 7) is 1.90. The molecular formula is C14H20FN3O2. The second kappa shape index (κ2) is 6.67. The van der Waals surface area contributed by atoms with E-state index in [2.05, 4.69) is 16.0 Å². The molecule has 5 nitrogen and oxygen atoms in total. The van der Waals surface area contributed by atoms with Crippen LogP contribution in [-0.4, -0.2) is 38.4 Å². The van der Waals surface area contributed by atoms with Crippen LogP contribution in [0, 0.1) is 5.82 Å². The molecule has 1 aromatic rings. The number of hydrogen-bond donors (Lipinski definition) is 3. The molecule has 2 amide bonds. The number of amides is 2. The summed E-state index contributed by atoms with van der Waals surface area (Å²) in [7, 11) is 1.64. The Morgan fingerprint density at radius 3 is 2.95 bits per heavy atom. The van der Waals surface area contributed by atoms with Crippen LogP contribution in [-0.2, 0) is 4.74 Å². The summed E-state index contributed by atoms with van der Waals surface area (Å²) in [6.07, 6.45) is 2.00. The Morgan fingerprint density at radius 2 is 2.30 bits per heavy atom. The summed E-state index contributed by atoms with van der Waals surface area (Å²) in [5.41, 5.74) is -0.0495. The van der Waals surface area contributed by atoms with Crippen LogP contribution in [0.1, 0.15) is 12.8 Å². The van der Waals surface area contributed by atoms with Crippen LogP contribution in [0.5, 0.6) is 0 Å². The van der Waals surface area contributed by atoms with Crippen LogP contribution in [0.15, 0.2) is 24.3 Å². The van der Waals surface area contributed by atoms with Crippen molar-refractivity contribution in [2.24, 2.45) is 0 Å². The molecule has 0 bridgehead atoms. The molecule has 1 saturated heterocycles. The van der Waals surface area contributed by atoms with Crippen LogP contribution >= 0.6 is 0 Å². The molecule has 110 valence electrons. The zero-order valence-electron chi connectivity index (χ0n) is 11.5. The van der Waals surface area contributed by atoms with Crippen LogP contribution < -0.4 is 16.0 Å². The van der Waals surface area contributed by atoms with E-state index in [-0.39, 0.29) is 11.2 Å². The highest BCUT2D eigenvalue weighted by Crippen LogP contribution is 2.19. The van der Waals surface area contributed by atoms with E-state index in [1.54, 1.807) is 19.2 Å². The van der Waals surface area contributed by atoms with Crippen LogP contribution in [0.25, 0.3) is 0 Å². The fourth-order valence-electron chi connectivity index (χ4n) is 2.45. The van der Waals surface area contributed by atoms with Gasteiger partial charge in [-0.15, -0.1) is 0 Å². The minimum absolute atomic E-state index is 0.171. The summed E-state index contributed by atoms with van der Waals surface area (Å²) in [4.78, 5) is 11.8. The van der Waals surface area contributed by atoms with Crippen LogP contribution in [0.2, 0.25) is 0 Å². The molecule has 2 rings (SSSR count). The van der Waals surface area contributed by atoms with Crippen LogP contribution in [0.3, 0.4) is 0 Å². The number of carbonyl (C=O) groups excluding carboxylic acids is 1. The molecule has 3 N–H and O–H groups in total. The third kappa shape index (κ3) is 3.68. The van der Waals surface area contributed by atoms with Gasteiger partial charge in [-0.05, 0) is 31.5 Å². The minimum Gasteiger partial charge on any atom is -0.383 e. The van der Waals surface area contributed by atoms with E-state index < -0.39 is 11.8 Å². The van der Waals surface area contributed by atoms with Crippen LogP contribution in [0.4, 0.5) is 14.9 Å². The molecule has 20 heavy (non-hydrogen) atoms. The van der Waals surface area contributed by atoms with E-state index in [0.717, 1.165) is 19.4 Å². The average molecular weight is 281 g/mol. The van der Waals surface area contributed by atoms with Gasteiger partial charge in [-0.2, -0.15) is 0 Å². The number of urea groups is 1. The first-order chi connectivity index (χ1) is 9.65. The van der Waals surface area contributed by atoms with Crippen molar-refractivity contribution in [2.75, 3.05) is 32.1 Å². The van der Waals surface area contributed by atoms with Gasteiger partial charge in [-0.3, -0.25) is 0 Å². The van der Waals surface area contributed by atoms with Gasteiger partial charge >= 0.3 is 6.03 Å². The molecule has 1 aliphatic rings. The Kier molecular flexibility index (Phi) is 4.92. The van der Waals surface area contributed by atoms with Gasteiger partial charge in [0.25, 0.3) is 0 Å². The molecule has 1 aromatic carbocycles. The molecule has 0 spiro atoms. The summed E-state index contributed by atoms with van der Waals surface area (Å²) in [5.74, 6) is -0.451. The Bertz CT molecular complexity index is 461. The third-order valence-electron chi connectivity index (χ3n) is 3.46. The molecule has 0 radical (unpaired) electrons. The van der Waals surface area contributed by atoms with Gasteiger partial charge in [0.05, 0.1) is 17.8 Å². The number of hydrogen-bond acceptors (Lipinski definition) is 3. The molecule has 0 aromatic heterocycles. The molecule has 1 aliphatic heterocycles. The first kappa shape index (κ1) is 14.7. The van der Waals surface area contributed by atoms with E-state index in [1.165, 1.54) is 12.1 Å². The lowest BCUT2D eigenvalue weighted by atomic mass is 9.99. The quantitative estimate of drug-likeness (QED) is 0.770. The van der Waals surface area contributed by atoms with E-state index in [4.69, 9.17) is 4.74 Å². The predicted molar refractivity (Wildman–Crippen MR) is 75.3 cm³/mol. The predicted octanol–water partition coefficient (Wildman–Crippen LogP) is 1.72. The lowest BCUT2D eigenvalue weighted by Crippen LogP contribution is -2.53. The summed E-state index contributed by atoms with van der Waals surface area (Å²) < 4.78 is 18.6. The van der Waals surface area contributed by atoms with E-state index in [9.17, 15) is 9.18 Å². The van der Waals surface area contributed by atoms with E-state index >= 15 is 0 Å². The van der Waals surface area contributed by atoms with Gasteiger partial charge in [0, 0.05) is 13.7 Å². The highest BCUT2D eigenvalue weighted by atomic mass is 19.1. The Labute approximate surface area is 117 Å². The minimum atomic E-state index is -0.451. The largest absolute Gasteiger partial charge is 0.383 e. The second-order valence-electron chi connectivity index (χ2n) is 5.03. The lowest BCUT2D eigenvalue weighted by Gasteiger charge is -2.28. The first-order valence-corrected chi connectivity index (χ1v) is 6.69. The molecule has 1 fully saturated rings. The highest BCUT2D eigenvalue weighted by molar-refractivity contribution is 5.89. The van der Waals surface area contributed by atoms with E-state index in [0.29, 0.717) is 13.2 Å². The molecule has 6 heteroatoms. The molecule has 0 aliphatic carbocycles. The van der Waals surface area contributed by atoms with Gasteiger partial charge in [0.15, 0.2) is 0 Å². The number of ether oxygens (including phenoxy) is 1. The van der Waals surface area contributed by atoms with Gasteiger partial charge in [-0.25, -0.2) is 9.18 Å². The maximum atomic E-state index is 13.4. The molecule has 1 unspecified atom stereocenters. The number of methoxy groups -OCH3 is 1. The molecule has 1 heterocycles. The van der Waals surface area contributed by atoms with Gasteiger partial charge in [-0.1, -0.05) is 12.1 Å². The maximum Gasteiger partial charge on any atom is 0.319 e. The fraction of sp³-hybridized carbons (Fsp3) is 0.500. The molecule has 0 saturated carbocycles. The lowest BCUT2D eigenvalue weighted by molar-refractivity contribution is 0.120. The second-order valence-corrected chi connectivity index (χ2v) is 5.03. The monoisotopic (exact) mass is 281 g/mol. The maximum absolute atomic E-state index is 13.4. The standard InChI is InChI=1S/C14H20FN3O2/c1-20-10-14(7-4-8-17-14)9-16-13(19)18-12-6-3-2-5-11(12)15/h2-3,5-6,17H,4,7-10H2,1H3,(H2,16,18,19). The van der Waals surface area contributed by atoms with Gasteiger partial charge in [0.1, 0.15) is 5.82 Å². The summed E-state index contributed by atoms with van der Waals surface area (Å²) >= 11 is 0. The summed E-state index contributed by atoms with van der Waals surface area (Å²) in [6, 6.07) is 5.66. The molecule has 1 atom stereocenters. The number of anilines is 1. The van der Waals surface area contributed by atoms with E-state index in [1.807, 2.05) is 0 Å². The number of rotatable bonds is 5. The summed E-state index contributed by atoms with van der Waals surface area (Å²) in [5, 5.41) is 8.63. The Balaban J connectivity index is 1.87. The third-order valence-corrected chi connectivity index (χ3v) is 3.46. The fourth-order valence-corrected chi connectivity index (χ4v) is 2.45. The van der Waals surface area contributed by atoms with Crippen molar-refractivity contribution in [3.05, 3.63) is 30.1 Å². The van der Waals surface area contributed by atoms with Crippen molar-refractivity contribution in [2.45, 2.75) is 18.4 Å². The number of benzene rings is 1. The van der Waals surface area contributed by atoms with Crippen molar-refractivity contribution in [3.8, 4) is 0 Å². The number of carbonyl (C=O) groups is 1. The SMILES string of the molecule is COCC1(CNC(=O)Nc2ccccc2F)CCCN1. The number of nitrogens with one attached hydrogen (secondary N) is 3. The normalized spacial score (nSPS) is 21.7. The topological polar surface area (TPSA) is 62.4 Å². The van der Waals surface area contributed by atoms with Gasteiger partial charge in [0.2, 0.25) is 0 Å². The Morgan fingerprint density at radius 1 is 1.50 bits per heavy atom. The van der Waals surface area contributed by atoms with Gasteiger partial charge < -0.3 is 20.7 Å². The highest BCUT2D eigenvalue weighted by Gasteiger charge is 2.33. The van der Waals surface area contributed by atoms with Crippen molar-refractivity contribution >= 4 is 11.7 Å². The zero-order valence-corrected chi connectivity index (χ0v) is 11.5.